The lowest BCUT2D eigenvalue weighted by molar-refractivity contribution is -0.384. The molecule has 2 rings (SSSR count). The molecule has 0 unspecified atom stereocenters. The summed E-state index contributed by atoms with van der Waals surface area (Å²) in [7, 11) is 0. The van der Waals surface area contributed by atoms with Crippen molar-refractivity contribution in [2.45, 2.75) is 52.0 Å². The van der Waals surface area contributed by atoms with Gasteiger partial charge in [-0.3, -0.25) is 14.9 Å². The minimum absolute atomic E-state index is 0.0871. The Morgan fingerprint density at radius 1 is 1.03 bits per heavy atom. The zero-order chi connectivity index (χ0) is 21.4. The quantitative estimate of drug-likeness (QED) is 0.370. The number of hydrogen-bond donors (Lipinski definition) is 0. The van der Waals surface area contributed by atoms with Crippen LogP contribution in [0.2, 0.25) is 0 Å². The number of nitro benzene ring substituents is 1. The SMILES string of the molecule is CCOC(=O)c1cc(C(=O)OCC(=O)N(CC)C2CCCCC2)cc([N+](=O)[O-])c1. The smallest absolute Gasteiger partial charge is 0.338 e. The highest BCUT2D eigenvalue weighted by molar-refractivity contribution is 5.97. The summed E-state index contributed by atoms with van der Waals surface area (Å²) in [6, 6.07) is 3.35. The molecule has 0 aliphatic heterocycles. The molecule has 9 heteroatoms. The molecule has 0 N–H and O–H groups in total. The van der Waals surface area contributed by atoms with E-state index in [-0.39, 0.29) is 29.7 Å². The van der Waals surface area contributed by atoms with E-state index in [1.165, 1.54) is 0 Å². The summed E-state index contributed by atoms with van der Waals surface area (Å²) < 4.78 is 9.92. The molecule has 158 valence electrons. The summed E-state index contributed by atoms with van der Waals surface area (Å²) >= 11 is 0. The van der Waals surface area contributed by atoms with Crippen LogP contribution in [0.5, 0.6) is 0 Å². The summed E-state index contributed by atoms with van der Waals surface area (Å²) in [4.78, 5) is 48.9. The molecule has 1 aliphatic rings. The maximum Gasteiger partial charge on any atom is 0.338 e. The minimum atomic E-state index is -0.910. The predicted molar refractivity (Wildman–Crippen MR) is 104 cm³/mol. The third-order valence-corrected chi connectivity index (χ3v) is 4.88. The van der Waals surface area contributed by atoms with Crippen molar-refractivity contribution in [1.82, 2.24) is 4.90 Å². The summed E-state index contributed by atoms with van der Waals surface area (Å²) in [5, 5.41) is 11.1. The zero-order valence-electron chi connectivity index (χ0n) is 16.7. The van der Waals surface area contributed by atoms with Crippen molar-refractivity contribution in [3.05, 3.63) is 39.4 Å². The molecule has 0 bridgehead atoms. The summed E-state index contributed by atoms with van der Waals surface area (Å²) in [6.45, 7) is 3.62. The molecule has 1 amide bonds. The molecule has 0 atom stereocenters. The van der Waals surface area contributed by atoms with Crippen LogP contribution in [0, 0.1) is 10.1 Å². The molecule has 1 fully saturated rings. The van der Waals surface area contributed by atoms with E-state index in [9.17, 15) is 24.5 Å². The van der Waals surface area contributed by atoms with Gasteiger partial charge < -0.3 is 14.4 Å². The van der Waals surface area contributed by atoms with E-state index in [2.05, 4.69) is 0 Å². The number of nitrogens with zero attached hydrogens (tertiary/aromatic N) is 2. The molecule has 0 aromatic heterocycles. The van der Waals surface area contributed by atoms with Gasteiger partial charge in [0, 0.05) is 24.7 Å². The van der Waals surface area contributed by atoms with Gasteiger partial charge in [-0.2, -0.15) is 0 Å². The molecule has 0 saturated heterocycles. The van der Waals surface area contributed by atoms with Crippen molar-refractivity contribution < 1.29 is 28.8 Å². The summed E-state index contributed by atoms with van der Waals surface area (Å²) in [5.41, 5.74) is -0.751. The van der Waals surface area contributed by atoms with Gasteiger partial charge in [-0.1, -0.05) is 19.3 Å². The Hall–Kier alpha value is -2.97. The van der Waals surface area contributed by atoms with E-state index in [1.807, 2.05) is 6.92 Å². The van der Waals surface area contributed by atoms with Crippen molar-refractivity contribution >= 4 is 23.5 Å². The third-order valence-electron chi connectivity index (χ3n) is 4.88. The Morgan fingerprint density at radius 2 is 1.62 bits per heavy atom. The van der Waals surface area contributed by atoms with Crippen LogP contribution in [-0.4, -0.2) is 53.5 Å². The van der Waals surface area contributed by atoms with Crippen LogP contribution in [0.1, 0.15) is 66.7 Å². The summed E-state index contributed by atoms with van der Waals surface area (Å²) in [5.74, 6) is -1.99. The predicted octanol–water partition coefficient (Wildman–Crippen LogP) is 3.11. The van der Waals surface area contributed by atoms with Gasteiger partial charge in [-0.25, -0.2) is 9.59 Å². The number of nitro groups is 1. The number of hydrogen-bond acceptors (Lipinski definition) is 7. The van der Waals surface area contributed by atoms with Crippen molar-refractivity contribution in [3.8, 4) is 0 Å². The molecule has 1 saturated carbocycles. The Balaban J connectivity index is 2.09. The molecule has 1 aromatic rings. The highest BCUT2D eigenvalue weighted by Gasteiger charge is 2.25. The lowest BCUT2D eigenvalue weighted by Crippen LogP contribution is -2.43. The normalized spacial score (nSPS) is 14.1. The molecule has 9 nitrogen and oxygen atoms in total. The molecular weight excluding hydrogens is 380 g/mol. The number of carbonyl (C=O) groups is 3. The van der Waals surface area contributed by atoms with Gasteiger partial charge in [0.1, 0.15) is 0 Å². The van der Waals surface area contributed by atoms with E-state index in [0.29, 0.717) is 6.54 Å². The lowest BCUT2D eigenvalue weighted by Gasteiger charge is -2.33. The number of esters is 2. The number of amides is 1. The fourth-order valence-corrected chi connectivity index (χ4v) is 3.49. The highest BCUT2D eigenvalue weighted by Crippen LogP contribution is 2.23. The van der Waals surface area contributed by atoms with E-state index in [4.69, 9.17) is 9.47 Å². The molecule has 29 heavy (non-hydrogen) atoms. The Kier molecular flexibility index (Phi) is 8.11. The first-order valence-corrected chi connectivity index (χ1v) is 9.80. The molecule has 1 aromatic carbocycles. The maximum atomic E-state index is 12.5. The van der Waals surface area contributed by atoms with Gasteiger partial charge in [-0.05, 0) is 32.8 Å². The fraction of sp³-hybridized carbons (Fsp3) is 0.550. The van der Waals surface area contributed by atoms with Crippen LogP contribution >= 0.6 is 0 Å². The van der Waals surface area contributed by atoms with Crippen molar-refractivity contribution in [3.63, 3.8) is 0 Å². The zero-order valence-corrected chi connectivity index (χ0v) is 16.7. The average Bonchev–Trinajstić information content (AvgIpc) is 2.73. The first-order valence-electron chi connectivity index (χ1n) is 9.80. The standard InChI is InChI=1S/C20H26N2O7/c1-3-21(16-8-6-5-7-9-16)18(23)13-29-20(25)15-10-14(19(24)28-4-2)11-17(12-15)22(26)27/h10-12,16H,3-9,13H2,1-2H3. The van der Waals surface area contributed by atoms with Gasteiger partial charge >= 0.3 is 11.9 Å². The van der Waals surface area contributed by atoms with Crippen molar-refractivity contribution in [2.75, 3.05) is 19.8 Å². The van der Waals surface area contributed by atoms with Gasteiger partial charge in [0.2, 0.25) is 0 Å². The van der Waals surface area contributed by atoms with E-state index in [0.717, 1.165) is 50.3 Å². The fourth-order valence-electron chi connectivity index (χ4n) is 3.49. The molecule has 0 heterocycles. The minimum Gasteiger partial charge on any atom is -0.462 e. The number of likely N-dealkylation sites (N-methyl/N-ethyl adjacent to an activating group) is 1. The van der Waals surface area contributed by atoms with Crippen LogP contribution < -0.4 is 0 Å². The second-order valence-corrected chi connectivity index (χ2v) is 6.79. The number of carbonyl (C=O) groups excluding carboxylic acids is 3. The number of ether oxygens (including phenoxy) is 2. The monoisotopic (exact) mass is 406 g/mol. The second kappa shape index (κ2) is 10.5. The van der Waals surface area contributed by atoms with Crippen LogP contribution in [0.3, 0.4) is 0 Å². The Morgan fingerprint density at radius 3 is 2.14 bits per heavy atom. The van der Waals surface area contributed by atoms with Crippen LogP contribution in [0.4, 0.5) is 5.69 Å². The average molecular weight is 406 g/mol. The molecular formula is C20H26N2O7. The Bertz CT molecular complexity index is 772. The lowest BCUT2D eigenvalue weighted by atomic mass is 9.94. The van der Waals surface area contributed by atoms with Gasteiger partial charge in [-0.15, -0.1) is 0 Å². The molecule has 1 aliphatic carbocycles. The van der Waals surface area contributed by atoms with E-state index in [1.54, 1.807) is 11.8 Å². The van der Waals surface area contributed by atoms with Crippen molar-refractivity contribution in [2.24, 2.45) is 0 Å². The highest BCUT2D eigenvalue weighted by atomic mass is 16.6. The second-order valence-electron chi connectivity index (χ2n) is 6.79. The van der Waals surface area contributed by atoms with Gasteiger partial charge in [0.15, 0.2) is 6.61 Å². The van der Waals surface area contributed by atoms with Crippen LogP contribution in [-0.2, 0) is 14.3 Å². The number of non-ortho nitro benzene ring substituents is 1. The van der Waals surface area contributed by atoms with Crippen LogP contribution in [0.25, 0.3) is 0 Å². The first-order chi connectivity index (χ1) is 13.9. The molecule has 0 radical (unpaired) electrons. The largest absolute Gasteiger partial charge is 0.462 e. The van der Waals surface area contributed by atoms with Crippen molar-refractivity contribution in [1.29, 1.82) is 0 Å². The van der Waals surface area contributed by atoms with Gasteiger partial charge in [0.25, 0.3) is 11.6 Å². The number of rotatable bonds is 8. The first kappa shape index (κ1) is 22.3. The number of benzene rings is 1. The van der Waals surface area contributed by atoms with E-state index >= 15 is 0 Å². The maximum absolute atomic E-state index is 12.5. The van der Waals surface area contributed by atoms with E-state index < -0.39 is 29.2 Å². The molecule has 0 spiro atoms. The van der Waals surface area contributed by atoms with Gasteiger partial charge in [0.05, 0.1) is 22.7 Å². The topological polar surface area (TPSA) is 116 Å². The van der Waals surface area contributed by atoms with Crippen LogP contribution in [0.15, 0.2) is 18.2 Å². The third kappa shape index (κ3) is 6.00. The summed E-state index contributed by atoms with van der Waals surface area (Å²) in [6.07, 6.45) is 5.16. The Labute approximate surface area is 169 Å².